The van der Waals surface area contributed by atoms with Crippen LogP contribution in [0.3, 0.4) is 0 Å². The van der Waals surface area contributed by atoms with Gasteiger partial charge in [-0.1, -0.05) is 62.2 Å². The van der Waals surface area contributed by atoms with E-state index in [1.807, 2.05) is 66.0 Å². The molecule has 0 aliphatic carbocycles. The average Bonchev–Trinajstić information content (AvgIpc) is 4.17. The molecule has 8 heterocycles. The van der Waals surface area contributed by atoms with E-state index in [0.29, 0.717) is 35.6 Å². The lowest BCUT2D eigenvalue weighted by molar-refractivity contribution is 0.186. The van der Waals surface area contributed by atoms with E-state index in [1.54, 1.807) is 57.3 Å². The topological polar surface area (TPSA) is 230 Å². The Morgan fingerprint density at radius 3 is 1.45 bits per heavy atom. The van der Waals surface area contributed by atoms with Gasteiger partial charge < -0.3 is 24.6 Å². The second kappa shape index (κ2) is 20.0. The SMILES string of the molecule is COCc1cc2n[nH]c(=O)n2c2cc(-c3ccsc3)ccc12.COCc1cc2n[nH]c(=O)n2c2cc(Br)ccc12.O=c1[nH]nc2cc(CO)c3ccc(Br)cc3n12.OB(O)c1ccsc1. The molecule has 22 heteroatoms. The highest BCUT2D eigenvalue weighted by Crippen LogP contribution is 2.29. The minimum Gasteiger partial charge on any atom is -0.423 e. The smallest absolute Gasteiger partial charge is 0.423 e. The number of fused-ring (bicyclic) bond motifs is 9. The van der Waals surface area contributed by atoms with E-state index in [1.165, 1.54) is 15.7 Å². The number of rotatable bonds is 7. The second-order valence-electron chi connectivity index (χ2n) is 14.2. The zero-order chi connectivity index (χ0) is 45.8. The lowest BCUT2D eigenvalue weighted by Gasteiger charge is -2.09. The van der Waals surface area contributed by atoms with Crippen molar-refractivity contribution in [1.82, 2.24) is 43.8 Å². The summed E-state index contributed by atoms with van der Waals surface area (Å²) in [6.07, 6.45) is 0. The predicted octanol–water partition coefficient (Wildman–Crippen LogP) is 5.99. The first-order valence-corrected chi connectivity index (χ1v) is 22.9. The third-order valence-electron chi connectivity index (χ3n) is 10.1. The van der Waals surface area contributed by atoms with Gasteiger partial charge in [0, 0.05) is 39.3 Å². The molecule has 330 valence electrons. The number of hydrogen-bond acceptors (Lipinski definition) is 13. The summed E-state index contributed by atoms with van der Waals surface area (Å²) in [6, 6.07) is 26.7. The molecular weight excluding hydrogens is 1010 g/mol. The minimum absolute atomic E-state index is 0.0876. The number of benzene rings is 3. The van der Waals surface area contributed by atoms with E-state index in [-0.39, 0.29) is 23.7 Å². The summed E-state index contributed by atoms with van der Waals surface area (Å²) >= 11 is 9.89. The summed E-state index contributed by atoms with van der Waals surface area (Å²) in [5, 5.41) is 56.1. The molecule has 17 nitrogen and oxygen atoms in total. The molecule has 6 N–H and O–H groups in total. The predicted molar refractivity (Wildman–Crippen MR) is 260 cm³/mol. The summed E-state index contributed by atoms with van der Waals surface area (Å²) in [6.45, 7) is 0.872. The number of thiophene rings is 2. The van der Waals surface area contributed by atoms with Crippen molar-refractivity contribution in [3.05, 3.63) is 164 Å². The summed E-state index contributed by atoms with van der Waals surface area (Å²) in [4.78, 5) is 35.5. The second-order valence-corrected chi connectivity index (χ2v) is 17.6. The first-order valence-electron chi connectivity index (χ1n) is 19.4. The van der Waals surface area contributed by atoms with E-state index in [2.05, 4.69) is 80.0 Å². The number of nitrogens with one attached hydrogen (secondary N) is 3. The van der Waals surface area contributed by atoms with Crippen molar-refractivity contribution in [3.63, 3.8) is 0 Å². The lowest BCUT2D eigenvalue weighted by Crippen LogP contribution is -2.27. The summed E-state index contributed by atoms with van der Waals surface area (Å²) < 4.78 is 16.9. The molecule has 11 aromatic rings. The quantitative estimate of drug-likeness (QED) is 0.102. The molecule has 0 amide bonds. The van der Waals surface area contributed by atoms with E-state index in [4.69, 9.17) is 19.5 Å². The van der Waals surface area contributed by atoms with Crippen LogP contribution in [0.25, 0.3) is 60.8 Å². The third kappa shape index (κ3) is 9.52. The van der Waals surface area contributed by atoms with Crippen molar-refractivity contribution in [1.29, 1.82) is 0 Å². The highest BCUT2D eigenvalue weighted by molar-refractivity contribution is 9.10. The molecule has 0 unspecified atom stereocenters. The molecule has 0 spiro atoms. The van der Waals surface area contributed by atoms with Crippen LogP contribution in [0.15, 0.2) is 130 Å². The highest BCUT2D eigenvalue weighted by Gasteiger charge is 2.14. The Bertz CT molecular complexity index is 3620. The van der Waals surface area contributed by atoms with Crippen molar-refractivity contribution < 1.29 is 24.6 Å². The van der Waals surface area contributed by atoms with Crippen LogP contribution in [0.2, 0.25) is 0 Å². The first-order chi connectivity index (χ1) is 31.5. The van der Waals surface area contributed by atoms with Gasteiger partial charge in [-0.3, -0.25) is 0 Å². The van der Waals surface area contributed by atoms with Gasteiger partial charge in [0.05, 0.1) is 36.4 Å². The maximum Gasteiger partial charge on any atom is 0.489 e. The van der Waals surface area contributed by atoms with Crippen LogP contribution in [0.4, 0.5) is 0 Å². The number of methoxy groups -OCH3 is 2. The number of halogens is 2. The summed E-state index contributed by atoms with van der Waals surface area (Å²) in [7, 11) is 2.00. The Morgan fingerprint density at radius 1 is 0.585 bits per heavy atom. The third-order valence-corrected chi connectivity index (χ3v) is 12.5. The maximum absolute atomic E-state index is 12.1. The van der Waals surface area contributed by atoms with E-state index >= 15 is 0 Å². The van der Waals surface area contributed by atoms with Gasteiger partial charge >= 0.3 is 24.2 Å². The Hall–Kier alpha value is -6.08. The Balaban J connectivity index is 0.000000123. The maximum atomic E-state index is 12.1. The van der Waals surface area contributed by atoms with Crippen LogP contribution in [0.5, 0.6) is 0 Å². The van der Waals surface area contributed by atoms with E-state index in [0.717, 1.165) is 69.5 Å². The Kier molecular flexibility index (Phi) is 14.0. The van der Waals surface area contributed by atoms with E-state index in [9.17, 15) is 19.5 Å². The average molecular weight is 1040 g/mol. The number of H-pyrrole nitrogens is 3. The molecular formula is C43H36BBr2N9O8S2. The van der Waals surface area contributed by atoms with Gasteiger partial charge in [0.1, 0.15) is 0 Å². The number of nitrogens with zero attached hydrogens (tertiary/aromatic N) is 6. The van der Waals surface area contributed by atoms with Crippen LogP contribution < -0.4 is 22.5 Å². The number of aromatic nitrogens is 9. The molecule has 8 aromatic heterocycles. The molecule has 0 saturated heterocycles. The van der Waals surface area contributed by atoms with Crippen LogP contribution in [0, 0.1) is 0 Å². The Morgan fingerprint density at radius 2 is 1.03 bits per heavy atom. The minimum atomic E-state index is -1.30. The van der Waals surface area contributed by atoms with Gasteiger partial charge in [-0.15, -0.1) is 0 Å². The number of ether oxygens (including phenoxy) is 2. The molecule has 0 atom stereocenters. The monoisotopic (exact) mass is 1040 g/mol. The van der Waals surface area contributed by atoms with Crippen molar-refractivity contribution in [2.24, 2.45) is 0 Å². The molecule has 0 aliphatic heterocycles. The van der Waals surface area contributed by atoms with Gasteiger partial charge in [0.25, 0.3) is 0 Å². The number of aliphatic hydroxyl groups is 1. The number of pyridine rings is 3. The fraction of sp³-hybridized carbons (Fsp3) is 0.116. The molecule has 3 aromatic carbocycles. The van der Waals surface area contributed by atoms with Gasteiger partial charge in [-0.05, 0) is 109 Å². The van der Waals surface area contributed by atoms with Gasteiger partial charge in [0.2, 0.25) is 0 Å². The van der Waals surface area contributed by atoms with Gasteiger partial charge in [0.15, 0.2) is 16.9 Å². The largest absolute Gasteiger partial charge is 0.489 e. The Labute approximate surface area is 391 Å². The lowest BCUT2D eigenvalue weighted by atomic mass is 9.83. The molecule has 0 aliphatic rings. The molecule has 11 rings (SSSR count). The standard InChI is InChI=1S/C16H13N3O2S.C12H10BrN3O2.C11H8BrN3O2.C4H5BO2S/c1-21-8-12-7-15-17-18-16(20)19(15)14-6-10(2-3-13(12)14)11-4-5-22-9-11;1-18-6-7-4-11-14-15-12(17)16(11)10-5-8(13)2-3-9(7)10;12-7-1-2-8-6(5-16)3-10-13-14-11(17)15(10)9(8)4-7;6-5(7)4-1-2-8-3-4/h2-7,9H,8H2,1H3,(H,18,20);2-5H,6H2,1H3,(H,15,17);1-4,16H,5H2,(H,14,17);1-3,6-7H. The molecule has 0 fully saturated rings. The molecule has 0 radical (unpaired) electrons. The van der Waals surface area contributed by atoms with Gasteiger partial charge in [-0.25, -0.2) is 42.9 Å². The number of aliphatic hydroxyl groups excluding tert-OH is 1. The highest BCUT2D eigenvalue weighted by atomic mass is 79.9. The van der Waals surface area contributed by atoms with Crippen molar-refractivity contribution in [2.75, 3.05) is 14.2 Å². The summed E-state index contributed by atoms with van der Waals surface area (Å²) in [5.41, 5.74) is 8.89. The normalized spacial score (nSPS) is 11.2. The first kappa shape index (κ1) is 45.5. The molecule has 0 saturated carbocycles. The molecule has 0 bridgehead atoms. The molecule has 65 heavy (non-hydrogen) atoms. The van der Waals surface area contributed by atoms with Gasteiger partial charge in [-0.2, -0.15) is 38.0 Å². The van der Waals surface area contributed by atoms with Crippen LogP contribution in [0.1, 0.15) is 16.7 Å². The van der Waals surface area contributed by atoms with Crippen molar-refractivity contribution in [2.45, 2.75) is 19.8 Å². The van der Waals surface area contributed by atoms with Crippen LogP contribution >= 0.6 is 54.5 Å². The van der Waals surface area contributed by atoms with Crippen LogP contribution in [-0.4, -0.2) is 80.3 Å². The van der Waals surface area contributed by atoms with E-state index < -0.39 is 7.12 Å². The zero-order valence-electron chi connectivity index (χ0n) is 34.2. The van der Waals surface area contributed by atoms with Crippen molar-refractivity contribution in [3.8, 4) is 11.1 Å². The summed E-state index contributed by atoms with van der Waals surface area (Å²) in [5.74, 6) is 0. The number of aromatic amines is 3. The van der Waals surface area contributed by atoms with Crippen LogP contribution in [-0.2, 0) is 29.3 Å². The number of hydrogen-bond donors (Lipinski definition) is 6. The fourth-order valence-electron chi connectivity index (χ4n) is 7.24. The zero-order valence-corrected chi connectivity index (χ0v) is 39.0. The fourth-order valence-corrected chi connectivity index (χ4v) is 9.27. The van der Waals surface area contributed by atoms with Crippen molar-refractivity contribution >= 4 is 117 Å².